The van der Waals surface area contributed by atoms with Gasteiger partial charge in [-0.25, -0.2) is 4.79 Å². The monoisotopic (exact) mass is 494 g/mol. The van der Waals surface area contributed by atoms with Gasteiger partial charge in [0.1, 0.15) is 5.75 Å². The molecule has 0 heterocycles. The van der Waals surface area contributed by atoms with Crippen molar-refractivity contribution < 1.29 is 32.6 Å². The molecule has 0 aromatic heterocycles. The summed E-state index contributed by atoms with van der Waals surface area (Å²) < 4.78 is 42.2. The zero-order valence-corrected chi connectivity index (χ0v) is 19.6. The molecule has 0 saturated carbocycles. The number of alkyl halides is 3. The highest BCUT2D eigenvalue weighted by Gasteiger charge is 2.28. The lowest BCUT2D eigenvalue weighted by Crippen LogP contribution is -2.14. The van der Waals surface area contributed by atoms with E-state index in [4.69, 9.17) is 9.84 Å². The van der Waals surface area contributed by atoms with E-state index in [-0.39, 0.29) is 5.75 Å². The van der Waals surface area contributed by atoms with Gasteiger partial charge < -0.3 is 9.84 Å². The van der Waals surface area contributed by atoms with E-state index >= 15 is 0 Å². The number of carbonyl (C=O) groups is 2. The van der Waals surface area contributed by atoms with Crippen LogP contribution in [0, 0.1) is 0 Å². The molecule has 0 spiro atoms. The molecule has 0 amide bonds. The molecule has 4 nitrogen and oxygen atoms in total. The van der Waals surface area contributed by atoms with Crippen molar-refractivity contribution in [2.75, 3.05) is 0 Å². The Balaban J connectivity index is 1.97. The Morgan fingerprint density at radius 3 is 1.97 bits per heavy atom. The highest BCUT2D eigenvalue weighted by Crippen LogP contribution is 2.35. The van der Waals surface area contributed by atoms with Gasteiger partial charge >= 0.3 is 18.1 Å². The van der Waals surface area contributed by atoms with Crippen molar-refractivity contribution in [1.82, 2.24) is 0 Å². The summed E-state index contributed by atoms with van der Waals surface area (Å²) in [5, 5.41) is 8.86. The van der Waals surface area contributed by atoms with Crippen molar-refractivity contribution in [2.45, 2.75) is 32.4 Å². The number of allylic oxidation sites excluding steroid dienone is 1. The standard InChI is InChI=1S/C29H25F3O4/c1-2-25(21-6-4-3-5-7-21)28(22-11-8-20(9-12-22)10-17-26(33)34)23-13-15-24(16-14-23)36-27(35)18-19-29(30,31)32/h3-17H,2,18-19H2,1H3,(H,33,34). The van der Waals surface area contributed by atoms with Gasteiger partial charge in [-0.05, 0) is 58.0 Å². The first-order chi connectivity index (χ1) is 17.2. The second-order valence-corrected chi connectivity index (χ2v) is 7.98. The van der Waals surface area contributed by atoms with E-state index < -0.39 is 31.0 Å². The summed E-state index contributed by atoms with van der Waals surface area (Å²) in [6.45, 7) is 2.04. The number of ether oxygens (including phenoxy) is 1. The van der Waals surface area contributed by atoms with Gasteiger partial charge in [-0.2, -0.15) is 13.2 Å². The van der Waals surface area contributed by atoms with Gasteiger partial charge in [0.15, 0.2) is 0 Å². The second kappa shape index (κ2) is 12.0. The van der Waals surface area contributed by atoms with E-state index in [0.29, 0.717) is 6.42 Å². The maximum atomic E-state index is 12.4. The van der Waals surface area contributed by atoms with Crippen LogP contribution in [0.4, 0.5) is 13.2 Å². The first-order valence-electron chi connectivity index (χ1n) is 11.3. The van der Waals surface area contributed by atoms with Crippen LogP contribution < -0.4 is 4.74 Å². The van der Waals surface area contributed by atoms with Crippen LogP contribution in [0.1, 0.15) is 48.4 Å². The van der Waals surface area contributed by atoms with Crippen molar-refractivity contribution in [2.24, 2.45) is 0 Å². The Bertz CT molecular complexity index is 1240. The van der Waals surface area contributed by atoms with Crippen molar-refractivity contribution >= 4 is 29.2 Å². The van der Waals surface area contributed by atoms with E-state index in [1.807, 2.05) is 61.5 Å². The molecule has 0 radical (unpaired) electrons. The van der Waals surface area contributed by atoms with Crippen LogP contribution in [0.25, 0.3) is 17.2 Å². The van der Waals surface area contributed by atoms with Crippen LogP contribution >= 0.6 is 0 Å². The lowest BCUT2D eigenvalue weighted by Gasteiger charge is -2.17. The maximum Gasteiger partial charge on any atom is 0.389 e. The fourth-order valence-electron chi connectivity index (χ4n) is 3.72. The van der Waals surface area contributed by atoms with Gasteiger partial charge in [0.2, 0.25) is 0 Å². The van der Waals surface area contributed by atoms with Crippen LogP contribution in [-0.4, -0.2) is 23.2 Å². The number of benzene rings is 3. The normalized spacial score (nSPS) is 12.3. The van der Waals surface area contributed by atoms with E-state index in [1.54, 1.807) is 24.3 Å². The molecule has 0 atom stereocenters. The summed E-state index contributed by atoms with van der Waals surface area (Å²) in [5.41, 5.74) is 5.51. The molecule has 0 aliphatic carbocycles. The topological polar surface area (TPSA) is 63.6 Å². The summed E-state index contributed by atoms with van der Waals surface area (Å²) in [7, 11) is 0. The van der Waals surface area contributed by atoms with Gasteiger partial charge in [-0.1, -0.05) is 73.7 Å². The van der Waals surface area contributed by atoms with Gasteiger partial charge in [0.25, 0.3) is 0 Å². The molecule has 0 unspecified atom stereocenters. The van der Waals surface area contributed by atoms with E-state index in [2.05, 4.69) is 0 Å². The van der Waals surface area contributed by atoms with Crippen LogP contribution in [0.3, 0.4) is 0 Å². The third kappa shape index (κ3) is 7.70. The zero-order valence-electron chi connectivity index (χ0n) is 19.6. The smallest absolute Gasteiger partial charge is 0.389 e. The van der Waals surface area contributed by atoms with E-state index in [0.717, 1.165) is 39.5 Å². The zero-order chi connectivity index (χ0) is 26.1. The molecule has 0 aliphatic heterocycles. The SMILES string of the molecule is CCC(=C(c1ccc(C=CC(=O)O)cc1)c1ccc(OC(=O)CCC(F)(F)F)cc1)c1ccccc1. The molecule has 1 N–H and O–H groups in total. The van der Waals surface area contributed by atoms with Gasteiger partial charge in [0, 0.05) is 6.08 Å². The highest BCUT2D eigenvalue weighted by atomic mass is 19.4. The molecular weight excluding hydrogens is 469 g/mol. The number of hydrogen-bond donors (Lipinski definition) is 1. The van der Waals surface area contributed by atoms with Gasteiger partial charge in [-0.3, -0.25) is 4.79 Å². The highest BCUT2D eigenvalue weighted by molar-refractivity contribution is 5.98. The minimum Gasteiger partial charge on any atom is -0.478 e. The molecule has 0 fully saturated rings. The summed E-state index contributed by atoms with van der Waals surface area (Å²) in [4.78, 5) is 22.6. The molecule has 0 bridgehead atoms. The van der Waals surface area contributed by atoms with E-state index in [9.17, 15) is 22.8 Å². The lowest BCUT2D eigenvalue weighted by molar-refractivity contribution is -0.151. The van der Waals surface area contributed by atoms with Gasteiger partial charge in [-0.15, -0.1) is 0 Å². The molecule has 0 aliphatic rings. The average Bonchev–Trinajstić information content (AvgIpc) is 2.86. The van der Waals surface area contributed by atoms with Gasteiger partial charge in [0.05, 0.1) is 12.8 Å². The average molecular weight is 495 g/mol. The number of halogens is 3. The molecular formula is C29H25F3O4. The molecule has 7 heteroatoms. The molecule has 36 heavy (non-hydrogen) atoms. The summed E-state index contributed by atoms with van der Waals surface area (Å²) >= 11 is 0. The number of rotatable bonds is 9. The minimum atomic E-state index is -4.42. The van der Waals surface area contributed by atoms with Crippen LogP contribution in [0.15, 0.2) is 84.9 Å². The number of carbonyl (C=O) groups excluding carboxylic acids is 1. The third-order valence-corrected chi connectivity index (χ3v) is 5.38. The first-order valence-corrected chi connectivity index (χ1v) is 11.3. The predicted molar refractivity (Wildman–Crippen MR) is 133 cm³/mol. The quantitative estimate of drug-likeness (QED) is 0.146. The number of carboxylic acid groups (broad SMARTS) is 1. The van der Waals surface area contributed by atoms with Crippen LogP contribution in [0.5, 0.6) is 5.75 Å². The minimum absolute atomic E-state index is 0.164. The van der Waals surface area contributed by atoms with Crippen molar-refractivity contribution in [3.05, 3.63) is 107 Å². The Morgan fingerprint density at radius 2 is 1.44 bits per heavy atom. The van der Waals surface area contributed by atoms with E-state index in [1.165, 1.54) is 6.08 Å². The number of hydrogen-bond acceptors (Lipinski definition) is 3. The summed E-state index contributed by atoms with van der Waals surface area (Å²) in [5.74, 6) is -1.81. The predicted octanol–water partition coefficient (Wildman–Crippen LogP) is 7.40. The number of carboxylic acids is 1. The van der Waals surface area contributed by atoms with Crippen molar-refractivity contribution in [3.63, 3.8) is 0 Å². The van der Waals surface area contributed by atoms with Crippen LogP contribution in [-0.2, 0) is 9.59 Å². The Kier molecular flexibility index (Phi) is 8.84. The summed E-state index contributed by atoms with van der Waals surface area (Å²) in [6.07, 6.45) is -3.10. The lowest BCUT2D eigenvalue weighted by atomic mass is 9.88. The Hall–Kier alpha value is -4.13. The fraction of sp³-hybridized carbons (Fsp3) is 0.172. The third-order valence-electron chi connectivity index (χ3n) is 5.38. The number of aliphatic carboxylic acids is 1. The molecule has 186 valence electrons. The Labute approximate surface area is 207 Å². The fourth-order valence-corrected chi connectivity index (χ4v) is 3.72. The first kappa shape index (κ1) is 26.5. The largest absolute Gasteiger partial charge is 0.478 e. The Morgan fingerprint density at radius 1 is 0.861 bits per heavy atom. The summed E-state index contributed by atoms with van der Waals surface area (Å²) in [6, 6.07) is 24.0. The van der Waals surface area contributed by atoms with Crippen molar-refractivity contribution in [1.29, 1.82) is 0 Å². The second-order valence-electron chi connectivity index (χ2n) is 7.98. The molecule has 3 aromatic rings. The maximum absolute atomic E-state index is 12.4. The molecule has 3 rings (SSSR count). The van der Waals surface area contributed by atoms with Crippen molar-refractivity contribution in [3.8, 4) is 5.75 Å². The molecule has 0 saturated heterocycles. The van der Waals surface area contributed by atoms with Crippen LogP contribution in [0.2, 0.25) is 0 Å². The number of esters is 1. The molecule has 3 aromatic carbocycles.